The molecule has 0 saturated carbocycles. The summed E-state index contributed by atoms with van der Waals surface area (Å²) in [5, 5.41) is 8.04. The van der Waals surface area contributed by atoms with Gasteiger partial charge in [0.25, 0.3) is 0 Å². The van der Waals surface area contributed by atoms with Gasteiger partial charge in [-0.2, -0.15) is 0 Å². The largest absolute Gasteiger partial charge is 0.465 e. The first-order chi connectivity index (χ1) is 10.7. The summed E-state index contributed by atoms with van der Waals surface area (Å²) in [4.78, 5) is 22.7. The maximum absolute atomic E-state index is 11.5. The molecule has 0 aliphatic rings. The first kappa shape index (κ1) is 15.9. The molecular formula is C16H19N3O3. The molecule has 0 amide bonds. The molecule has 1 aromatic carbocycles. The molecule has 0 aliphatic carbocycles. The summed E-state index contributed by atoms with van der Waals surface area (Å²) in [5.74, 6) is -0.186. The number of hydrogen-bond acceptors (Lipinski definition) is 5. The molecule has 22 heavy (non-hydrogen) atoms. The van der Waals surface area contributed by atoms with Crippen LogP contribution >= 0.6 is 0 Å². The van der Waals surface area contributed by atoms with Gasteiger partial charge in [-0.05, 0) is 37.1 Å². The first-order valence-corrected chi connectivity index (χ1v) is 7.25. The molecule has 0 spiro atoms. The van der Waals surface area contributed by atoms with Crippen molar-refractivity contribution >= 4 is 12.3 Å². The Morgan fingerprint density at radius 1 is 1.27 bits per heavy atom. The van der Waals surface area contributed by atoms with Gasteiger partial charge >= 0.3 is 5.97 Å². The minimum absolute atomic E-state index is 0.204. The van der Waals surface area contributed by atoms with Gasteiger partial charge in [0.1, 0.15) is 5.69 Å². The summed E-state index contributed by atoms with van der Waals surface area (Å²) < 4.78 is 6.35. The molecular weight excluding hydrogens is 282 g/mol. The van der Waals surface area contributed by atoms with E-state index in [1.54, 1.807) is 28.9 Å². The molecule has 0 saturated heterocycles. The number of carbonyl (C=O) groups excluding carboxylic acids is 2. The third kappa shape index (κ3) is 2.90. The molecule has 116 valence electrons. The number of esters is 1. The summed E-state index contributed by atoms with van der Waals surface area (Å²) in [6.07, 6.45) is 2.52. The molecule has 0 atom stereocenters. The van der Waals surface area contributed by atoms with Crippen molar-refractivity contribution in [3.63, 3.8) is 0 Å². The molecule has 0 aliphatic heterocycles. The van der Waals surface area contributed by atoms with Gasteiger partial charge in [-0.15, -0.1) is 5.10 Å². The van der Waals surface area contributed by atoms with E-state index in [2.05, 4.69) is 28.9 Å². The Labute approximate surface area is 129 Å². The normalized spacial score (nSPS) is 10.7. The zero-order valence-corrected chi connectivity index (χ0v) is 12.9. The minimum Gasteiger partial charge on any atom is -0.465 e. The minimum atomic E-state index is -0.390. The number of rotatable bonds is 6. The van der Waals surface area contributed by atoms with Crippen LogP contribution in [-0.4, -0.2) is 34.4 Å². The van der Waals surface area contributed by atoms with E-state index in [-0.39, 0.29) is 11.9 Å². The van der Waals surface area contributed by atoms with Crippen LogP contribution in [0.5, 0.6) is 0 Å². The lowest BCUT2D eigenvalue weighted by molar-refractivity contribution is 0.0600. The van der Waals surface area contributed by atoms with Crippen LogP contribution in [-0.2, 0) is 4.74 Å². The zero-order valence-electron chi connectivity index (χ0n) is 12.9. The van der Waals surface area contributed by atoms with Crippen LogP contribution in [0.1, 0.15) is 59.1 Å². The maximum Gasteiger partial charge on any atom is 0.337 e. The fraction of sp³-hybridized carbons (Fsp3) is 0.375. The molecule has 0 radical (unpaired) electrons. The smallest absolute Gasteiger partial charge is 0.337 e. The molecule has 6 nitrogen and oxygen atoms in total. The lowest BCUT2D eigenvalue weighted by Crippen LogP contribution is -2.09. The van der Waals surface area contributed by atoms with E-state index in [1.165, 1.54) is 7.11 Å². The van der Waals surface area contributed by atoms with Crippen molar-refractivity contribution in [1.29, 1.82) is 0 Å². The quantitative estimate of drug-likeness (QED) is 0.606. The van der Waals surface area contributed by atoms with Crippen LogP contribution in [0.25, 0.3) is 5.69 Å². The number of methoxy groups -OCH3 is 1. The van der Waals surface area contributed by atoms with Crippen LogP contribution in [0.2, 0.25) is 0 Å². The molecule has 2 rings (SSSR count). The molecule has 0 N–H and O–H groups in total. The van der Waals surface area contributed by atoms with Crippen molar-refractivity contribution < 1.29 is 14.3 Å². The number of carbonyl (C=O) groups is 2. The maximum atomic E-state index is 11.5. The van der Waals surface area contributed by atoms with E-state index < -0.39 is 0 Å². The third-order valence-corrected chi connectivity index (χ3v) is 3.75. The lowest BCUT2D eigenvalue weighted by Gasteiger charge is -2.15. The Morgan fingerprint density at radius 2 is 1.91 bits per heavy atom. The van der Waals surface area contributed by atoms with Gasteiger partial charge in [0.05, 0.1) is 24.1 Å². The number of aldehydes is 1. The average Bonchev–Trinajstić information content (AvgIpc) is 2.99. The van der Waals surface area contributed by atoms with E-state index >= 15 is 0 Å². The van der Waals surface area contributed by atoms with Crippen LogP contribution in [0.4, 0.5) is 0 Å². The van der Waals surface area contributed by atoms with Gasteiger partial charge in [0, 0.05) is 5.92 Å². The highest BCUT2D eigenvalue weighted by Gasteiger charge is 2.21. The van der Waals surface area contributed by atoms with Gasteiger partial charge in [-0.25, -0.2) is 9.48 Å². The SMILES string of the molecule is CCC(CC)c1c(C=O)nnn1-c1ccc(C(=O)OC)cc1. The second kappa shape index (κ2) is 6.98. The summed E-state index contributed by atoms with van der Waals surface area (Å²) in [5.41, 5.74) is 2.40. The first-order valence-electron chi connectivity index (χ1n) is 7.25. The summed E-state index contributed by atoms with van der Waals surface area (Å²) in [7, 11) is 1.34. The molecule has 0 fully saturated rings. The summed E-state index contributed by atoms with van der Waals surface area (Å²) >= 11 is 0. The molecule has 0 unspecified atom stereocenters. The Morgan fingerprint density at radius 3 is 2.41 bits per heavy atom. The number of benzene rings is 1. The van der Waals surface area contributed by atoms with Crippen LogP contribution in [0, 0.1) is 0 Å². The van der Waals surface area contributed by atoms with E-state index in [0.717, 1.165) is 30.5 Å². The zero-order chi connectivity index (χ0) is 16.1. The second-order valence-corrected chi connectivity index (χ2v) is 4.94. The van der Waals surface area contributed by atoms with Crippen molar-refractivity contribution in [3.8, 4) is 5.69 Å². The van der Waals surface area contributed by atoms with Crippen molar-refractivity contribution in [3.05, 3.63) is 41.2 Å². The van der Waals surface area contributed by atoms with E-state index in [1.807, 2.05) is 0 Å². The monoisotopic (exact) mass is 301 g/mol. The van der Waals surface area contributed by atoms with E-state index in [9.17, 15) is 9.59 Å². The molecule has 6 heteroatoms. The second-order valence-electron chi connectivity index (χ2n) is 4.94. The Bertz CT molecular complexity index is 658. The molecule has 0 bridgehead atoms. The number of nitrogens with zero attached hydrogens (tertiary/aromatic N) is 3. The van der Waals surface area contributed by atoms with Gasteiger partial charge in [-0.3, -0.25) is 4.79 Å². The summed E-state index contributed by atoms with van der Waals surface area (Å²) in [6, 6.07) is 6.86. The van der Waals surface area contributed by atoms with E-state index in [4.69, 9.17) is 0 Å². The Kier molecular flexibility index (Phi) is 5.04. The molecule has 2 aromatic rings. The van der Waals surface area contributed by atoms with Gasteiger partial charge in [0.2, 0.25) is 0 Å². The average molecular weight is 301 g/mol. The van der Waals surface area contributed by atoms with Crippen molar-refractivity contribution in [2.24, 2.45) is 0 Å². The predicted octanol–water partition coefficient (Wildman–Crippen LogP) is 2.77. The van der Waals surface area contributed by atoms with Crippen LogP contribution in [0.15, 0.2) is 24.3 Å². The standard InChI is InChI=1S/C16H19N3O3/c1-4-11(5-2)15-14(10-20)17-18-19(15)13-8-6-12(7-9-13)16(21)22-3/h6-11H,4-5H2,1-3H3. The highest BCUT2D eigenvalue weighted by molar-refractivity contribution is 5.89. The Hall–Kier alpha value is -2.50. The summed E-state index contributed by atoms with van der Waals surface area (Å²) in [6.45, 7) is 4.14. The fourth-order valence-electron chi connectivity index (χ4n) is 2.49. The van der Waals surface area contributed by atoms with Crippen molar-refractivity contribution in [2.45, 2.75) is 32.6 Å². The highest BCUT2D eigenvalue weighted by atomic mass is 16.5. The predicted molar refractivity (Wildman–Crippen MR) is 81.4 cm³/mol. The molecule has 1 aromatic heterocycles. The van der Waals surface area contributed by atoms with Gasteiger partial charge < -0.3 is 4.74 Å². The number of ether oxygens (including phenoxy) is 1. The van der Waals surface area contributed by atoms with Gasteiger partial charge in [0.15, 0.2) is 6.29 Å². The number of aromatic nitrogens is 3. The fourth-order valence-corrected chi connectivity index (χ4v) is 2.49. The van der Waals surface area contributed by atoms with Gasteiger partial charge in [-0.1, -0.05) is 19.1 Å². The topological polar surface area (TPSA) is 74.1 Å². The van der Waals surface area contributed by atoms with Crippen molar-refractivity contribution in [1.82, 2.24) is 15.0 Å². The van der Waals surface area contributed by atoms with Crippen molar-refractivity contribution in [2.75, 3.05) is 7.11 Å². The van der Waals surface area contributed by atoms with Crippen LogP contribution < -0.4 is 0 Å². The van der Waals surface area contributed by atoms with E-state index in [0.29, 0.717) is 11.3 Å². The third-order valence-electron chi connectivity index (χ3n) is 3.75. The Balaban J connectivity index is 2.46. The van der Waals surface area contributed by atoms with Crippen LogP contribution in [0.3, 0.4) is 0 Å². The number of hydrogen-bond donors (Lipinski definition) is 0. The molecule has 1 heterocycles. The highest BCUT2D eigenvalue weighted by Crippen LogP contribution is 2.26. The lowest BCUT2D eigenvalue weighted by atomic mass is 9.97.